The summed E-state index contributed by atoms with van der Waals surface area (Å²) in [7, 11) is -0.779. The van der Waals surface area contributed by atoms with E-state index in [4.69, 9.17) is 4.74 Å². The fourth-order valence-corrected chi connectivity index (χ4v) is 4.46. The molecule has 150 valence electrons. The largest absolute Gasteiger partial charge is 0.494 e. The maximum Gasteiger partial charge on any atom is 0.229 e. The molecule has 0 fully saturated rings. The van der Waals surface area contributed by atoms with Crippen LogP contribution in [0.4, 0.5) is 34.5 Å². The third-order valence-electron chi connectivity index (χ3n) is 4.68. The average molecular weight is 409 g/mol. The zero-order valence-corrected chi connectivity index (χ0v) is 17.8. The lowest BCUT2D eigenvalue weighted by Gasteiger charge is -2.13. The van der Waals surface area contributed by atoms with Crippen molar-refractivity contribution in [2.75, 3.05) is 42.5 Å². The predicted octanol–water partition coefficient (Wildman–Crippen LogP) is 4.69. The highest BCUT2D eigenvalue weighted by Crippen LogP contribution is 2.53. The van der Waals surface area contributed by atoms with E-state index in [1.165, 1.54) is 0 Å². The molecule has 0 saturated carbocycles. The van der Waals surface area contributed by atoms with E-state index in [1.54, 1.807) is 26.6 Å². The number of fused-ring (bicyclic) bond motifs is 1. The molecule has 0 saturated heterocycles. The van der Waals surface area contributed by atoms with E-state index in [0.717, 1.165) is 40.4 Å². The first kappa shape index (κ1) is 19.3. The van der Waals surface area contributed by atoms with Crippen LogP contribution in [0, 0.1) is 0 Å². The molecule has 29 heavy (non-hydrogen) atoms. The summed E-state index contributed by atoms with van der Waals surface area (Å²) in [6, 6.07) is 13.6. The Morgan fingerprint density at radius 2 is 1.93 bits per heavy atom. The molecule has 2 aromatic carbocycles. The maximum absolute atomic E-state index is 12.7. The van der Waals surface area contributed by atoms with Gasteiger partial charge in [0.05, 0.1) is 24.7 Å². The standard InChI is InChI=1S/C21H24N5O2P/c1-5-22-14-10-11-15(18(12-14)28-2)24-21-23-13-17-20(25-21)26(17)16-8-6-7-9-19(16)29(3,4)27/h6-13,22H,5H2,1-4H3,(H,23,24,25). The van der Waals surface area contributed by atoms with Gasteiger partial charge in [0.1, 0.15) is 18.6 Å². The smallest absolute Gasteiger partial charge is 0.229 e. The number of hydrogen-bond donors (Lipinski definition) is 2. The van der Waals surface area contributed by atoms with Crippen molar-refractivity contribution in [3.05, 3.63) is 48.7 Å². The highest BCUT2D eigenvalue weighted by molar-refractivity contribution is 7.70. The lowest BCUT2D eigenvalue weighted by molar-refractivity contribution is 0.417. The molecule has 3 aromatic rings. The number of nitrogens with zero attached hydrogens (tertiary/aromatic N) is 3. The maximum atomic E-state index is 12.7. The van der Waals surface area contributed by atoms with Crippen molar-refractivity contribution in [2.45, 2.75) is 6.92 Å². The van der Waals surface area contributed by atoms with Crippen LogP contribution in [0.25, 0.3) is 0 Å². The van der Waals surface area contributed by atoms with E-state index >= 15 is 0 Å². The van der Waals surface area contributed by atoms with Gasteiger partial charge < -0.3 is 19.9 Å². The van der Waals surface area contributed by atoms with Gasteiger partial charge in [-0.1, -0.05) is 12.1 Å². The van der Waals surface area contributed by atoms with Crippen molar-refractivity contribution in [1.82, 2.24) is 9.97 Å². The number of ether oxygens (including phenoxy) is 1. The highest BCUT2D eigenvalue weighted by Gasteiger charge is 2.36. The zero-order valence-electron chi connectivity index (χ0n) is 16.9. The van der Waals surface area contributed by atoms with Crippen LogP contribution in [0.1, 0.15) is 6.92 Å². The van der Waals surface area contributed by atoms with Crippen LogP contribution in [-0.4, -0.2) is 37.0 Å². The molecule has 0 radical (unpaired) electrons. The molecule has 0 spiro atoms. The number of rotatable bonds is 7. The Balaban J connectivity index is 1.59. The van der Waals surface area contributed by atoms with Gasteiger partial charge in [0.25, 0.3) is 0 Å². The molecule has 0 unspecified atom stereocenters. The van der Waals surface area contributed by atoms with Gasteiger partial charge >= 0.3 is 0 Å². The summed E-state index contributed by atoms with van der Waals surface area (Å²) in [5.41, 5.74) is 3.59. The van der Waals surface area contributed by atoms with Gasteiger partial charge in [0.15, 0.2) is 5.82 Å². The summed E-state index contributed by atoms with van der Waals surface area (Å²) in [5.74, 6) is 2.00. The monoisotopic (exact) mass is 409 g/mol. The zero-order chi connectivity index (χ0) is 20.6. The second kappa shape index (κ2) is 7.41. The summed E-state index contributed by atoms with van der Waals surface area (Å²) >= 11 is 0. The van der Waals surface area contributed by atoms with Crippen LogP contribution in [0.5, 0.6) is 5.75 Å². The Labute approximate surface area is 170 Å². The van der Waals surface area contributed by atoms with Gasteiger partial charge in [-0.2, -0.15) is 4.98 Å². The normalized spacial score (nSPS) is 12.3. The molecule has 0 amide bonds. The first-order valence-corrected chi connectivity index (χ1v) is 12.0. The van der Waals surface area contributed by atoms with E-state index in [1.807, 2.05) is 54.3 Å². The van der Waals surface area contributed by atoms with Gasteiger partial charge in [-0.25, -0.2) is 4.98 Å². The number of nitrogens with one attached hydrogen (secondary N) is 2. The Kier molecular flexibility index (Phi) is 4.92. The van der Waals surface area contributed by atoms with Crippen molar-refractivity contribution in [1.29, 1.82) is 0 Å². The molecule has 1 aliphatic heterocycles. The third-order valence-corrected chi connectivity index (χ3v) is 6.22. The molecule has 7 nitrogen and oxygen atoms in total. The molecular weight excluding hydrogens is 385 g/mol. The number of hydrogen-bond acceptors (Lipinski definition) is 7. The molecule has 0 bridgehead atoms. The summed E-state index contributed by atoms with van der Waals surface area (Å²) < 4.78 is 18.2. The average Bonchev–Trinajstić information content (AvgIpc) is 3.42. The molecule has 2 N–H and O–H groups in total. The SMILES string of the molecule is CCNc1ccc(Nc2ncc3c(n2)N3c2ccccc2P(C)(C)=O)c(OC)c1. The molecule has 0 atom stereocenters. The van der Waals surface area contributed by atoms with E-state index < -0.39 is 7.14 Å². The van der Waals surface area contributed by atoms with Crippen molar-refractivity contribution in [3.63, 3.8) is 0 Å². The van der Waals surface area contributed by atoms with E-state index in [9.17, 15) is 4.57 Å². The van der Waals surface area contributed by atoms with Crippen molar-refractivity contribution >= 4 is 47.0 Å². The predicted molar refractivity (Wildman–Crippen MR) is 120 cm³/mol. The Hall–Kier alpha value is -3.05. The van der Waals surface area contributed by atoms with Crippen LogP contribution in [0.15, 0.2) is 48.7 Å². The highest BCUT2D eigenvalue weighted by atomic mass is 31.2. The molecule has 1 aromatic heterocycles. The fourth-order valence-electron chi connectivity index (χ4n) is 3.28. The second-order valence-corrected chi connectivity index (χ2v) is 10.3. The number of methoxy groups -OCH3 is 1. The summed E-state index contributed by atoms with van der Waals surface area (Å²) in [6.45, 7) is 6.44. The van der Waals surface area contributed by atoms with Gasteiger partial charge in [0, 0.05) is 23.6 Å². The molecular formula is C21H24N5O2P. The van der Waals surface area contributed by atoms with Gasteiger partial charge in [-0.3, -0.25) is 4.90 Å². The van der Waals surface area contributed by atoms with Crippen molar-refractivity contribution < 1.29 is 9.30 Å². The van der Waals surface area contributed by atoms with Crippen LogP contribution in [0.2, 0.25) is 0 Å². The number of benzene rings is 2. The number of anilines is 6. The quantitative estimate of drug-likeness (QED) is 0.339. The van der Waals surface area contributed by atoms with E-state index in [0.29, 0.717) is 11.7 Å². The lowest BCUT2D eigenvalue weighted by atomic mass is 10.2. The van der Waals surface area contributed by atoms with Gasteiger partial charge in [-0.15, -0.1) is 0 Å². The molecule has 0 aliphatic carbocycles. The topological polar surface area (TPSA) is 79.2 Å². The minimum absolute atomic E-state index is 0.481. The molecule has 2 heterocycles. The number of para-hydroxylation sites is 1. The fraction of sp³-hybridized carbons (Fsp3) is 0.238. The van der Waals surface area contributed by atoms with Crippen LogP contribution in [0.3, 0.4) is 0 Å². The lowest BCUT2D eigenvalue weighted by Crippen LogP contribution is -2.09. The van der Waals surface area contributed by atoms with Crippen molar-refractivity contribution in [2.24, 2.45) is 0 Å². The molecule has 4 rings (SSSR count). The minimum atomic E-state index is -2.41. The molecule has 1 aliphatic rings. The molecule has 8 heteroatoms. The van der Waals surface area contributed by atoms with Crippen molar-refractivity contribution in [3.8, 4) is 5.75 Å². The third kappa shape index (κ3) is 3.78. The Morgan fingerprint density at radius 1 is 1.14 bits per heavy atom. The first-order valence-electron chi connectivity index (χ1n) is 9.43. The van der Waals surface area contributed by atoms with Crippen LogP contribution in [-0.2, 0) is 4.57 Å². The Morgan fingerprint density at radius 3 is 2.66 bits per heavy atom. The van der Waals surface area contributed by atoms with E-state index in [2.05, 4.69) is 20.6 Å². The Bertz CT molecular complexity index is 1110. The summed E-state index contributed by atoms with van der Waals surface area (Å²) in [4.78, 5) is 11.0. The second-order valence-electron chi connectivity index (χ2n) is 7.15. The first-order chi connectivity index (χ1) is 13.9. The van der Waals surface area contributed by atoms with Gasteiger partial charge in [0.2, 0.25) is 5.95 Å². The summed E-state index contributed by atoms with van der Waals surface area (Å²) in [6.07, 6.45) is 1.77. The van der Waals surface area contributed by atoms with E-state index in [-0.39, 0.29) is 0 Å². The number of aromatic nitrogens is 2. The van der Waals surface area contributed by atoms with Crippen LogP contribution >= 0.6 is 7.14 Å². The summed E-state index contributed by atoms with van der Waals surface area (Å²) in [5, 5.41) is 7.33. The van der Waals surface area contributed by atoms with Crippen LogP contribution < -0.4 is 25.6 Å². The minimum Gasteiger partial charge on any atom is -0.494 e. The van der Waals surface area contributed by atoms with Gasteiger partial charge in [-0.05, 0) is 44.5 Å².